The third kappa shape index (κ3) is 1.67. The highest BCUT2D eigenvalue weighted by Crippen LogP contribution is 2.34. The van der Waals surface area contributed by atoms with Crippen molar-refractivity contribution in [3.8, 4) is 5.75 Å². The van der Waals surface area contributed by atoms with Crippen LogP contribution in [0.2, 0.25) is 0 Å². The molecule has 6 heteroatoms. The van der Waals surface area contributed by atoms with Crippen LogP contribution in [0, 0.1) is 0 Å². The Hall–Kier alpha value is -2.21. The number of aliphatic hydroxyl groups is 1. The van der Waals surface area contributed by atoms with Crippen LogP contribution in [0.1, 0.15) is 30.5 Å². The van der Waals surface area contributed by atoms with E-state index in [0.717, 1.165) is 5.56 Å². The Morgan fingerprint density at radius 3 is 2.89 bits per heavy atom. The number of aromatic nitrogens is 2. The summed E-state index contributed by atoms with van der Waals surface area (Å²) < 4.78 is 1.64. The minimum absolute atomic E-state index is 0.180. The van der Waals surface area contributed by atoms with Crippen LogP contribution >= 0.6 is 0 Å². The summed E-state index contributed by atoms with van der Waals surface area (Å²) in [5.41, 5.74) is 1.37. The first-order valence-electron chi connectivity index (χ1n) is 5.62. The summed E-state index contributed by atoms with van der Waals surface area (Å²) in [6.45, 7) is 1.65. The zero-order valence-corrected chi connectivity index (χ0v) is 9.72. The predicted octanol–water partition coefficient (Wildman–Crippen LogP) is 2.29. The lowest BCUT2D eigenvalue weighted by atomic mass is 10.2. The molecule has 1 aromatic heterocycles. The van der Waals surface area contributed by atoms with E-state index in [1.165, 1.54) is 0 Å². The number of phenolic OH excluding ortho intramolecular Hbond substituents is 1. The molecule has 6 nitrogen and oxygen atoms in total. The van der Waals surface area contributed by atoms with Crippen LogP contribution in [-0.2, 0) is 0 Å². The molecule has 92 valence electrons. The maximum absolute atomic E-state index is 9.49. The fourth-order valence-electron chi connectivity index (χ4n) is 1.92. The van der Waals surface area contributed by atoms with Gasteiger partial charge < -0.3 is 10.2 Å². The van der Waals surface area contributed by atoms with Crippen molar-refractivity contribution in [1.82, 2.24) is 9.78 Å². The number of rotatable bonds is 2. The number of aromatic hydroxyl groups is 1. The van der Waals surface area contributed by atoms with Gasteiger partial charge in [-0.1, -0.05) is 12.1 Å². The number of nitrogens with zero attached hydrogens (tertiary/aromatic N) is 4. The van der Waals surface area contributed by atoms with Gasteiger partial charge in [0.15, 0.2) is 12.0 Å². The van der Waals surface area contributed by atoms with E-state index >= 15 is 0 Å². The number of hydrogen-bond acceptors (Lipinski definition) is 5. The molecule has 1 aliphatic heterocycles. The fraction of sp³-hybridized carbons (Fsp3) is 0.250. The molecule has 0 saturated carbocycles. The summed E-state index contributed by atoms with van der Waals surface area (Å²) in [5.74, 6) is 0.790. The number of benzene rings is 1. The summed E-state index contributed by atoms with van der Waals surface area (Å²) >= 11 is 0. The van der Waals surface area contributed by atoms with Crippen molar-refractivity contribution in [3.05, 3.63) is 41.6 Å². The molecular formula is C12H12N4O2. The average Bonchev–Trinajstić information content (AvgIpc) is 2.87. The fourth-order valence-corrected chi connectivity index (χ4v) is 1.92. The van der Waals surface area contributed by atoms with Gasteiger partial charge in [0.1, 0.15) is 5.75 Å². The van der Waals surface area contributed by atoms with E-state index < -0.39 is 6.10 Å². The first-order valence-corrected chi connectivity index (χ1v) is 5.62. The molecule has 2 aromatic rings. The molecular weight excluding hydrogens is 232 g/mol. The molecule has 2 heterocycles. The smallest absolute Gasteiger partial charge is 0.190 e. The van der Waals surface area contributed by atoms with E-state index in [1.54, 1.807) is 35.9 Å². The largest absolute Gasteiger partial charge is 0.508 e. The van der Waals surface area contributed by atoms with Crippen LogP contribution < -0.4 is 0 Å². The number of azo groups is 1. The average molecular weight is 244 g/mol. The van der Waals surface area contributed by atoms with E-state index in [1.807, 2.05) is 6.07 Å². The first kappa shape index (κ1) is 10.9. The lowest BCUT2D eigenvalue weighted by molar-refractivity contribution is 0.193. The van der Waals surface area contributed by atoms with E-state index in [0.29, 0.717) is 11.5 Å². The van der Waals surface area contributed by atoms with E-state index in [9.17, 15) is 10.2 Å². The molecule has 0 aliphatic carbocycles. The summed E-state index contributed by atoms with van der Waals surface area (Å²) in [5, 5.41) is 31.4. The van der Waals surface area contributed by atoms with Gasteiger partial charge >= 0.3 is 0 Å². The molecule has 1 aliphatic rings. The highest BCUT2D eigenvalue weighted by atomic mass is 16.3. The zero-order chi connectivity index (χ0) is 12.7. The molecule has 2 atom stereocenters. The molecule has 2 unspecified atom stereocenters. The standard InChI is InChI=1S/C12H12N4O2/c1-7(17)10-6-11-13-14-12(16(11)15-10)8-3-2-4-9(18)5-8/h2-7,12,17-18H,1H3. The number of fused-ring (bicyclic) bond motifs is 1. The second-order valence-electron chi connectivity index (χ2n) is 4.23. The molecule has 1 aromatic carbocycles. The lowest BCUT2D eigenvalue weighted by Gasteiger charge is -2.09. The van der Waals surface area contributed by atoms with Gasteiger partial charge in [-0.3, -0.25) is 0 Å². The van der Waals surface area contributed by atoms with Gasteiger partial charge in [-0.25, -0.2) is 4.68 Å². The monoisotopic (exact) mass is 244 g/mol. The highest BCUT2D eigenvalue weighted by Gasteiger charge is 2.25. The summed E-state index contributed by atoms with van der Waals surface area (Å²) in [7, 11) is 0. The van der Waals surface area contributed by atoms with Crippen molar-refractivity contribution in [2.75, 3.05) is 0 Å². The Labute approximate surface area is 103 Å². The van der Waals surface area contributed by atoms with Crippen LogP contribution in [0.4, 0.5) is 5.82 Å². The van der Waals surface area contributed by atoms with Crippen molar-refractivity contribution < 1.29 is 10.2 Å². The van der Waals surface area contributed by atoms with Gasteiger partial charge in [-0.05, 0) is 19.1 Å². The third-order valence-corrected chi connectivity index (χ3v) is 2.83. The third-order valence-electron chi connectivity index (χ3n) is 2.83. The molecule has 0 fully saturated rings. The van der Waals surface area contributed by atoms with Crippen molar-refractivity contribution in [1.29, 1.82) is 0 Å². The van der Waals surface area contributed by atoms with Gasteiger partial charge in [-0.15, -0.1) is 5.11 Å². The topological polar surface area (TPSA) is 83.0 Å². The van der Waals surface area contributed by atoms with Crippen molar-refractivity contribution in [3.63, 3.8) is 0 Å². The molecule has 0 spiro atoms. The summed E-state index contributed by atoms with van der Waals surface area (Å²) in [6.07, 6.45) is -1.01. The van der Waals surface area contributed by atoms with Crippen LogP contribution in [0.15, 0.2) is 40.6 Å². The van der Waals surface area contributed by atoms with Crippen molar-refractivity contribution in [2.24, 2.45) is 10.2 Å². The van der Waals surface area contributed by atoms with Crippen LogP contribution in [0.25, 0.3) is 0 Å². The van der Waals surface area contributed by atoms with Crippen molar-refractivity contribution >= 4 is 5.82 Å². The molecule has 0 radical (unpaired) electrons. The minimum atomic E-state index is -0.636. The number of aliphatic hydroxyl groups excluding tert-OH is 1. The summed E-state index contributed by atoms with van der Waals surface area (Å²) in [6, 6.07) is 8.53. The first-order chi connectivity index (χ1) is 8.65. The van der Waals surface area contributed by atoms with E-state index in [4.69, 9.17) is 0 Å². The Morgan fingerprint density at radius 2 is 2.17 bits per heavy atom. The molecule has 3 rings (SSSR count). The maximum Gasteiger partial charge on any atom is 0.190 e. The Bertz CT molecular complexity index is 618. The van der Waals surface area contributed by atoms with Crippen LogP contribution in [0.5, 0.6) is 5.75 Å². The lowest BCUT2D eigenvalue weighted by Crippen LogP contribution is -2.07. The molecule has 18 heavy (non-hydrogen) atoms. The second kappa shape index (κ2) is 3.92. The van der Waals surface area contributed by atoms with Gasteiger partial charge in [0, 0.05) is 11.6 Å². The minimum Gasteiger partial charge on any atom is -0.508 e. The van der Waals surface area contributed by atoms with Crippen LogP contribution in [-0.4, -0.2) is 20.0 Å². The van der Waals surface area contributed by atoms with Crippen LogP contribution in [0.3, 0.4) is 0 Å². The zero-order valence-electron chi connectivity index (χ0n) is 9.72. The molecule has 2 N–H and O–H groups in total. The normalized spacial score (nSPS) is 18.9. The predicted molar refractivity (Wildman–Crippen MR) is 63.6 cm³/mol. The molecule has 0 amide bonds. The maximum atomic E-state index is 9.49. The second-order valence-corrected chi connectivity index (χ2v) is 4.23. The number of phenols is 1. The Kier molecular flexibility index (Phi) is 2.38. The molecule has 0 saturated heterocycles. The quantitative estimate of drug-likeness (QED) is 0.850. The molecule has 0 bridgehead atoms. The summed E-state index contributed by atoms with van der Waals surface area (Å²) in [4.78, 5) is 0. The number of hydrogen-bond donors (Lipinski definition) is 2. The SMILES string of the molecule is CC(O)c1cc2n(n1)C(c1cccc(O)c1)N=N2. The van der Waals surface area contributed by atoms with Gasteiger partial charge in [0.05, 0.1) is 11.8 Å². The van der Waals surface area contributed by atoms with E-state index in [-0.39, 0.29) is 11.9 Å². The Balaban J connectivity index is 2.02. The van der Waals surface area contributed by atoms with Gasteiger partial charge in [0.2, 0.25) is 0 Å². The van der Waals surface area contributed by atoms with E-state index in [2.05, 4.69) is 15.3 Å². The van der Waals surface area contributed by atoms with Crippen molar-refractivity contribution in [2.45, 2.75) is 19.2 Å². The van der Waals surface area contributed by atoms with Gasteiger partial charge in [0.25, 0.3) is 0 Å². The highest BCUT2D eigenvalue weighted by molar-refractivity contribution is 5.37. The van der Waals surface area contributed by atoms with Gasteiger partial charge in [-0.2, -0.15) is 10.2 Å². The Morgan fingerprint density at radius 1 is 1.33 bits per heavy atom.